The van der Waals surface area contributed by atoms with Gasteiger partial charge in [-0.3, -0.25) is 0 Å². The van der Waals surface area contributed by atoms with Crippen molar-refractivity contribution in [2.24, 2.45) is 7.05 Å². The first kappa shape index (κ1) is 10.5. The fourth-order valence-electron chi connectivity index (χ4n) is 1.49. The van der Waals surface area contributed by atoms with E-state index in [0.29, 0.717) is 5.69 Å². The molecule has 2 heterocycles. The molecule has 2 aromatic heterocycles. The van der Waals surface area contributed by atoms with Gasteiger partial charge in [-0.2, -0.15) is 4.39 Å². The number of halogens is 1. The maximum Gasteiger partial charge on any atom is 0.214 e. The van der Waals surface area contributed by atoms with Gasteiger partial charge in [-0.25, -0.2) is 4.98 Å². The third-order valence-electron chi connectivity index (χ3n) is 2.24. The molecule has 2 rings (SSSR count). The van der Waals surface area contributed by atoms with Crippen molar-refractivity contribution in [1.82, 2.24) is 19.7 Å². The average molecular weight is 221 g/mol. The van der Waals surface area contributed by atoms with Crippen molar-refractivity contribution in [1.29, 1.82) is 0 Å². The van der Waals surface area contributed by atoms with Crippen LogP contribution < -0.4 is 5.32 Å². The predicted molar refractivity (Wildman–Crippen MR) is 57.2 cm³/mol. The fraction of sp³-hybridized carbons (Fsp3) is 0.300. The van der Waals surface area contributed by atoms with Crippen LogP contribution >= 0.6 is 0 Å². The normalized spacial score (nSPS) is 12.4. The lowest BCUT2D eigenvalue weighted by Gasteiger charge is -2.13. The number of hydrogen-bond donors (Lipinski definition) is 1. The van der Waals surface area contributed by atoms with E-state index in [0.717, 1.165) is 5.82 Å². The van der Waals surface area contributed by atoms with Crippen LogP contribution in [0.25, 0.3) is 0 Å². The van der Waals surface area contributed by atoms with E-state index in [-0.39, 0.29) is 6.04 Å². The van der Waals surface area contributed by atoms with E-state index in [9.17, 15) is 4.39 Å². The molecule has 1 atom stereocenters. The zero-order valence-corrected chi connectivity index (χ0v) is 9.05. The Hall–Kier alpha value is -1.98. The van der Waals surface area contributed by atoms with Gasteiger partial charge in [0.2, 0.25) is 5.95 Å². The van der Waals surface area contributed by atoms with Crippen LogP contribution in [0.1, 0.15) is 18.8 Å². The van der Waals surface area contributed by atoms with Gasteiger partial charge in [0.05, 0.1) is 6.04 Å². The summed E-state index contributed by atoms with van der Waals surface area (Å²) < 4.78 is 14.7. The van der Waals surface area contributed by atoms with Crippen LogP contribution in [0.4, 0.5) is 10.1 Å². The van der Waals surface area contributed by atoms with Crippen molar-refractivity contribution in [2.45, 2.75) is 13.0 Å². The number of nitrogens with zero attached hydrogens (tertiary/aromatic N) is 4. The summed E-state index contributed by atoms with van der Waals surface area (Å²) in [5, 5.41) is 10.9. The number of nitrogens with one attached hydrogen (secondary N) is 1. The molecule has 0 amide bonds. The smallest absolute Gasteiger partial charge is 0.214 e. The molecule has 1 N–H and O–H groups in total. The summed E-state index contributed by atoms with van der Waals surface area (Å²) in [4.78, 5) is 3.49. The lowest BCUT2D eigenvalue weighted by Crippen LogP contribution is -2.12. The number of aryl methyl sites for hydroxylation is 1. The summed E-state index contributed by atoms with van der Waals surface area (Å²) in [5.41, 5.74) is 0.669. The maximum absolute atomic E-state index is 12.9. The lowest BCUT2D eigenvalue weighted by atomic mass is 10.3. The molecule has 1 unspecified atom stereocenters. The summed E-state index contributed by atoms with van der Waals surface area (Å²) in [6.07, 6.45) is 3.04. The Bertz CT molecular complexity index is 482. The Morgan fingerprint density at radius 3 is 2.94 bits per heavy atom. The van der Waals surface area contributed by atoms with Crippen LogP contribution in [0.3, 0.4) is 0 Å². The van der Waals surface area contributed by atoms with E-state index in [1.165, 1.54) is 12.3 Å². The second-order valence-corrected chi connectivity index (χ2v) is 3.53. The second kappa shape index (κ2) is 4.26. The minimum Gasteiger partial charge on any atom is -0.375 e. The van der Waals surface area contributed by atoms with Crippen LogP contribution in [-0.2, 0) is 7.05 Å². The molecule has 0 aliphatic heterocycles. The van der Waals surface area contributed by atoms with Gasteiger partial charge in [0.25, 0.3) is 0 Å². The monoisotopic (exact) mass is 221 g/mol. The van der Waals surface area contributed by atoms with Crippen LogP contribution in [0.2, 0.25) is 0 Å². The van der Waals surface area contributed by atoms with Gasteiger partial charge < -0.3 is 9.88 Å². The fourth-order valence-corrected chi connectivity index (χ4v) is 1.49. The largest absolute Gasteiger partial charge is 0.375 e. The SMILES string of the molecule is CC(Nc1ccnc(F)c1)c1nncn1C. The molecule has 0 aliphatic rings. The minimum atomic E-state index is -0.504. The average Bonchev–Trinajstić information content (AvgIpc) is 2.64. The molecule has 0 spiro atoms. The molecular weight excluding hydrogens is 209 g/mol. The van der Waals surface area contributed by atoms with E-state index in [1.54, 1.807) is 12.4 Å². The Morgan fingerprint density at radius 1 is 1.50 bits per heavy atom. The van der Waals surface area contributed by atoms with E-state index in [2.05, 4.69) is 20.5 Å². The van der Waals surface area contributed by atoms with Crippen molar-refractivity contribution in [3.8, 4) is 0 Å². The summed E-state index contributed by atoms with van der Waals surface area (Å²) in [5.74, 6) is 0.285. The molecule has 0 saturated heterocycles. The first-order chi connectivity index (χ1) is 7.66. The van der Waals surface area contributed by atoms with Gasteiger partial charge in [0, 0.05) is 25.0 Å². The van der Waals surface area contributed by atoms with Gasteiger partial charge in [-0.05, 0) is 13.0 Å². The highest BCUT2D eigenvalue weighted by atomic mass is 19.1. The summed E-state index contributed by atoms with van der Waals surface area (Å²) in [7, 11) is 1.86. The summed E-state index contributed by atoms with van der Waals surface area (Å²) in [6.45, 7) is 1.93. The Kier molecular flexibility index (Phi) is 2.80. The highest BCUT2D eigenvalue weighted by Crippen LogP contribution is 2.16. The molecule has 0 aliphatic carbocycles. The highest BCUT2D eigenvalue weighted by Gasteiger charge is 2.11. The molecule has 0 fully saturated rings. The van der Waals surface area contributed by atoms with Crippen molar-refractivity contribution in [3.63, 3.8) is 0 Å². The molecule has 0 aromatic carbocycles. The van der Waals surface area contributed by atoms with Crippen molar-refractivity contribution in [3.05, 3.63) is 36.4 Å². The number of aromatic nitrogens is 4. The number of hydrogen-bond acceptors (Lipinski definition) is 4. The molecule has 6 heteroatoms. The molecule has 5 nitrogen and oxygen atoms in total. The highest BCUT2D eigenvalue weighted by molar-refractivity contribution is 5.42. The first-order valence-corrected chi connectivity index (χ1v) is 4.89. The van der Waals surface area contributed by atoms with Gasteiger partial charge in [-0.1, -0.05) is 0 Å². The van der Waals surface area contributed by atoms with E-state index < -0.39 is 5.95 Å². The van der Waals surface area contributed by atoms with E-state index in [4.69, 9.17) is 0 Å². The Morgan fingerprint density at radius 2 is 2.31 bits per heavy atom. The molecule has 0 radical (unpaired) electrons. The first-order valence-electron chi connectivity index (χ1n) is 4.89. The zero-order chi connectivity index (χ0) is 11.5. The molecular formula is C10H12FN5. The second-order valence-electron chi connectivity index (χ2n) is 3.53. The number of pyridine rings is 1. The standard InChI is InChI=1S/C10H12FN5/c1-7(10-15-13-6-16(10)2)14-8-3-4-12-9(11)5-8/h3-7H,1-2H3,(H,12,14). The van der Waals surface area contributed by atoms with E-state index in [1.807, 2.05) is 18.5 Å². The molecule has 16 heavy (non-hydrogen) atoms. The zero-order valence-electron chi connectivity index (χ0n) is 9.05. The molecule has 0 bridgehead atoms. The number of anilines is 1. The van der Waals surface area contributed by atoms with Gasteiger partial charge >= 0.3 is 0 Å². The quantitative estimate of drug-likeness (QED) is 0.798. The van der Waals surface area contributed by atoms with Gasteiger partial charge in [0.1, 0.15) is 6.33 Å². The third-order valence-corrected chi connectivity index (χ3v) is 2.24. The van der Waals surface area contributed by atoms with Crippen molar-refractivity contribution in [2.75, 3.05) is 5.32 Å². The molecule has 84 valence electrons. The Balaban J connectivity index is 2.14. The third kappa shape index (κ3) is 2.16. The predicted octanol–water partition coefficient (Wildman–Crippen LogP) is 1.52. The maximum atomic E-state index is 12.9. The number of rotatable bonds is 3. The molecule has 2 aromatic rings. The molecule has 0 saturated carbocycles. The van der Waals surface area contributed by atoms with Gasteiger partial charge in [0.15, 0.2) is 5.82 Å². The summed E-state index contributed by atoms with van der Waals surface area (Å²) in [6, 6.07) is 3.00. The van der Waals surface area contributed by atoms with Crippen LogP contribution in [0.5, 0.6) is 0 Å². The van der Waals surface area contributed by atoms with Gasteiger partial charge in [-0.15, -0.1) is 10.2 Å². The van der Waals surface area contributed by atoms with Crippen LogP contribution in [0.15, 0.2) is 24.7 Å². The van der Waals surface area contributed by atoms with Crippen LogP contribution in [-0.4, -0.2) is 19.7 Å². The van der Waals surface area contributed by atoms with E-state index >= 15 is 0 Å². The van der Waals surface area contributed by atoms with Crippen molar-refractivity contribution < 1.29 is 4.39 Å². The van der Waals surface area contributed by atoms with Crippen LogP contribution in [0, 0.1) is 5.95 Å². The summed E-state index contributed by atoms with van der Waals surface area (Å²) >= 11 is 0. The lowest BCUT2D eigenvalue weighted by molar-refractivity contribution is 0.583. The van der Waals surface area contributed by atoms with Crippen molar-refractivity contribution >= 4 is 5.69 Å². The Labute approximate surface area is 92.3 Å². The minimum absolute atomic E-state index is 0.0469. The topological polar surface area (TPSA) is 55.6 Å².